The van der Waals surface area contributed by atoms with Gasteiger partial charge in [-0.3, -0.25) is 4.79 Å². The molecule has 1 aliphatic rings. The first-order valence-electron chi connectivity index (χ1n) is 8.10. The van der Waals surface area contributed by atoms with E-state index in [0.29, 0.717) is 11.4 Å². The molecule has 0 unspecified atom stereocenters. The van der Waals surface area contributed by atoms with Crippen LogP contribution in [-0.4, -0.2) is 60.8 Å². The van der Waals surface area contributed by atoms with Crippen LogP contribution in [0, 0.1) is 11.3 Å². The highest BCUT2D eigenvalue weighted by Gasteiger charge is 2.22. The molecule has 1 aliphatic heterocycles. The fourth-order valence-corrected chi connectivity index (χ4v) is 2.84. The molecule has 1 saturated heterocycles. The van der Waals surface area contributed by atoms with E-state index in [9.17, 15) is 10.1 Å². The molecule has 1 aromatic rings. The predicted molar refractivity (Wildman–Crippen MR) is 88.2 cm³/mol. The number of rotatable bonds is 5. The average molecular weight is 316 g/mol. The molecule has 0 radical (unpaired) electrons. The van der Waals surface area contributed by atoms with Crippen LogP contribution in [-0.2, 0) is 17.6 Å². The van der Waals surface area contributed by atoms with Crippen molar-refractivity contribution in [2.45, 2.75) is 26.7 Å². The summed E-state index contributed by atoms with van der Waals surface area (Å²) in [6.45, 7) is 7.30. The normalized spacial score (nSPS) is 14.4. The molecule has 0 atom stereocenters. The minimum Gasteiger partial charge on any atom is -0.348 e. The standard InChI is InChI=1S/C16H24N6O/c1-4-12-13(10-17)16(20-19-14(12)5-2)21(3)11-15(23)22-8-6-18-7-9-22/h18H,4-9,11H2,1-3H3. The predicted octanol–water partition coefficient (Wildman–Crippen LogP) is 0.341. The summed E-state index contributed by atoms with van der Waals surface area (Å²) in [6, 6.07) is 2.24. The van der Waals surface area contributed by atoms with Crippen molar-refractivity contribution in [1.82, 2.24) is 20.4 Å². The Labute approximate surface area is 137 Å². The number of nitrogens with one attached hydrogen (secondary N) is 1. The number of aromatic nitrogens is 2. The molecule has 0 spiro atoms. The number of anilines is 1. The van der Waals surface area contributed by atoms with Gasteiger partial charge in [0.25, 0.3) is 0 Å². The number of hydrogen-bond acceptors (Lipinski definition) is 6. The van der Waals surface area contributed by atoms with E-state index < -0.39 is 0 Å². The Morgan fingerprint density at radius 1 is 1.30 bits per heavy atom. The minimum absolute atomic E-state index is 0.0531. The van der Waals surface area contributed by atoms with Crippen molar-refractivity contribution in [3.05, 3.63) is 16.8 Å². The zero-order valence-corrected chi connectivity index (χ0v) is 14.1. The first-order valence-corrected chi connectivity index (χ1v) is 8.10. The lowest BCUT2D eigenvalue weighted by Crippen LogP contribution is -2.49. The molecule has 0 aromatic carbocycles. The van der Waals surface area contributed by atoms with Gasteiger partial charge < -0.3 is 15.1 Å². The lowest BCUT2D eigenvalue weighted by atomic mass is 10.0. The monoisotopic (exact) mass is 316 g/mol. The Kier molecular flexibility index (Phi) is 5.88. The molecular formula is C16H24N6O. The average Bonchev–Trinajstić information content (AvgIpc) is 2.60. The molecule has 1 N–H and O–H groups in total. The number of amides is 1. The van der Waals surface area contributed by atoms with E-state index in [4.69, 9.17) is 0 Å². The zero-order valence-electron chi connectivity index (χ0n) is 14.1. The van der Waals surface area contributed by atoms with Crippen LogP contribution < -0.4 is 10.2 Å². The molecular weight excluding hydrogens is 292 g/mol. The number of nitrogens with zero attached hydrogens (tertiary/aromatic N) is 5. The maximum absolute atomic E-state index is 12.4. The quantitative estimate of drug-likeness (QED) is 0.843. The van der Waals surface area contributed by atoms with Crippen LogP contribution in [0.25, 0.3) is 0 Å². The third-order valence-electron chi connectivity index (χ3n) is 4.14. The molecule has 1 aromatic heterocycles. The molecule has 2 rings (SSSR count). The largest absolute Gasteiger partial charge is 0.348 e. The summed E-state index contributed by atoms with van der Waals surface area (Å²) in [7, 11) is 1.79. The van der Waals surface area contributed by atoms with E-state index in [1.54, 1.807) is 11.9 Å². The molecule has 7 heteroatoms. The lowest BCUT2D eigenvalue weighted by molar-refractivity contribution is -0.130. The highest BCUT2D eigenvalue weighted by molar-refractivity contribution is 5.81. The molecule has 2 heterocycles. The number of aryl methyl sites for hydroxylation is 1. The van der Waals surface area contributed by atoms with Crippen LogP contribution in [0.2, 0.25) is 0 Å². The number of likely N-dealkylation sites (N-methyl/N-ethyl adjacent to an activating group) is 1. The molecule has 7 nitrogen and oxygen atoms in total. The first kappa shape index (κ1) is 17.2. The first-order chi connectivity index (χ1) is 11.1. The number of carbonyl (C=O) groups is 1. The molecule has 0 saturated carbocycles. The highest BCUT2D eigenvalue weighted by Crippen LogP contribution is 2.22. The third-order valence-corrected chi connectivity index (χ3v) is 4.14. The molecule has 0 aliphatic carbocycles. The molecule has 1 fully saturated rings. The summed E-state index contributed by atoms with van der Waals surface area (Å²) in [4.78, 5) is 16.0. The van der Waals surface area contributed by atoms with Gasteiger partial charge in [-0.05, 0) is 18.4 Å². The van der Waals surface area contributed by atoms with Crippen LogP contribution in [0.3, 0.4) is 0 Å². The number of hydrogen-bond donors (Lipinski definition) is 1. The van der Waals surface area contributed by atoms with Gasteiger partial charge in [0, 0.05) is 33.2 Å². The van der Waals surface area contributed by atoms with Crippen LogP contribution in [0.15, 0.2) is 0 Å². The second-order valence-electron chi connectivity index (χ2n) is 5.63. The smallest absolute Gasteiger partial charge is 0.242 e. The van der Waals surface area contributed by atoms with Gasteiger partial charge in [0.2, 0.25) is 5.91 Å². The van der Waals surface area contributed by atoms with E-state index in [1.807, 2.05) is 18.7 Å². The van der Waals surface area contributed by atoms with E-state index in [2.05, 4.69) is 21.6 Å². The second kappa shape index (κ2) is 7.88. The van der Waals surface area contributed by atoms with Gasteiger partial charge in [0.15, 0.2) is 5.82 Å². The fourth-order valence-electron chi connectivity index (χ4n) is 2.84. The van der Waals surface area contributed by atoms with Crippen molar-refractivity contribution in [3.8, 4) is 6.07 Å². The zero-order chi connectivity index (χ0) is 16.8. The third kappa shape index (κ3) is 3.77. The van der Waals surface area contributed by atoms with Crippen molar-refractivity contribution in [2.24, 2.45) is 0 Å². The maximum atomic E-state index is 12.4. The van der Waals surface area contributed by atoms with Crippen molar-refractivity contribution in [1.29, 1.82) is 5.26 Å². The molecule has 0 bridgehead atoms. The van der Waals surface area contributed by atoms with Crippen LogP contribution in [0.5, 0.6) is 0 Å². The Bertz CT molecular complexity index is 603. The van der Waals surface area contributed by atoms with Gasteiger partial charge in [-0.2, -0.15) is 10.4 Å². The van der Waals surface area contributed by atoms with Crippen molar-refractivity contribution in [2.75, 3.05) is 44.7 Å². The second-order valence-corrected chi connectivity index (χ2v) is 5.63. The van der Waals surface area contributed by atoms with E-state index in [-0.39, 0.29) is 12.5 Å². The highest BCUT2D eigenvalue weighted by atomic mass is 16.2. The van der Waals surface area contributed by atoms with E-state index in [1.165, 1.54) is 0 Å². The van der Waals surface area contributed by atoms with E-state index >= 15 is 0 Å². The van der Waals surface area contributed by atoms with Gasteiger partial charge >= 0.3 is 0 Å². The fraction of sp³-hybridized carbons (Fsp3) is 0.625. The Morgan fingerprint density at radius 3 is 2.57 bits per heavy atom. The van der Waals surface area contributed by atoms with Crippen molar-refractivity contribution in [3.63, 3.8) is 0 Å². The van der Waals surface area contributed by atoms with E-state index in [0.717, 1.165) is 50.3 Å². The van der Waals surface area contributed by atoms with Gasteiger partial charge in [-0.25, -0.2) is 0 Å². The summed E-state index contributed by atoms with van der Waals surface area (Å²) in [5, 5.41) is 21.2. The summed E-state index contributed by atoms with van der Waals surface area (Å²) in [5.74, 6) is 0.544. The van der Waals surface area contributed by atoms with Crippen LogP contribution in [0.4, 0.5) is 5.82 Å². The van der Waals surface area contributed by atoms with Gasteiger partial charge in [0.05, 0.1) is 12.2 Å². The topological polar surface area (TPSA) is 85.2 Å². The lowest BCUT2D eigenvalue weighted by Gasteiger charge is -2.29. The van der Waals surface area contributed by atoms with Crippen LogP contribution in [0.1, 0.15) is 30.7 Å². The van der Waals surface area contributed by atoms with Gasteiger partial charge in [-0.15, -0.1) is 5.10 Å². The Balaban J connectivity index is 2.20. The maximum Gasteiger partial charge on any atom is 0.242 e. The molecule has 124 valence electrons. The summed E-state index contributed by atoms with van der Waals surface area (Å²) in [5.41, 5.74) is 2.33. The number of carbonyl (C=O) groups excluding carboxylic acids is 1. The van der Waals surface area contributed by atoms with Crippen molar-refractivity contribution >= 4 is 11.7 Å². The van der Waals surface area contributed by atoms with Crippen LogP contribution >= 0.6 is 0 Å². The SMILES string of the molecule is CCc1nnc(N(C)CC(=O)N2CCNCC2)c(C#N)c1CC. The molecule has 1 amide bonds. The summed E-state index contributed by atoms with van der Waals surface area (Å²) >= 11 is 0. The minimum atomic E-state index is 0.0531. The number of nitriles is 1. The molecule has 23 heavy (non-hydrogen) atoms. The Hall–Kier alpha value is -2.20. The van der Waals surface area contributed by atoms with Crippen molar-refractivity contribution < 1.29 is 4.79 Å². The Morgan fingerprint density at radius 2 is 2.00 bits per heavy atom. The van der Waals surface area contributed by atoms with Gasteiger partial charge in [0.1, 0.15) is 11.6 Å². The summed E-state index contributed by atoms with van der Waals surface area (Å²) < 4.78 is 0. The van der Waals surface area contributed by atoms with Gasteiger partial charge in [-0.1, -0.05) is 13.8 Å². The summed E-state index contributed by atoms with van der Waals surface area (Å²) in [6.07, 6.45) is 1.47. The number of piperazine rings is 1.